The summed E-state index contributed by atoms with van der Waals surface area (Å²) in [5.74, 6) is 12.6. The van der Waals surface area contributed by atoms with Gasteiger partial charge in [-0.15, -0.1) is 0 Å². The summed E-state index contributed by atoms with van der Waals surface area (Å²) in [6.07, 6.45) is 11.6. The van der Waals surface area contributed by atoms with Crippen LogP contribution in [0.2, 0.25) is 0 Å². The lowest BCUT2D eigenvalue weighted by molar-refractivity contribution is -0.158. The number of carbonyl (C=O) groups excluding carboxylic acids is 2. The molecule has 0 bridgehead atoms. The van der Waals surface area contributed by atoms with Crippen LogP contribution in [0.3, 0.4) is 0 Å². The Bertz CT molecular complexity index is 813. The quantitative estimate of drug-likeness (QED) is 0.0949. The third kappa shape index (κ3) is 22.9. The van der Waals surface area contributed by atoms with E-state index in [1.54, 1.807) is 6.92 Å². The minimum Gasteiger partial charge on any atom is -0.456 e. The van der Waals surface area contributed by atoms with Crippen LogP contribution in [0.25, 0.3) is 0 Å². The molecular formula is C25H37O8P. The van der Waals surface area contributed by atoms with Crippen LogP contribution in [0.15, 0.2) is 0 Å². The number of hydrogen-bond acceptors (Lipinski definition) is 6. The van der Waals surface area contributed by atoms with E-state index in [4.69, 9.17) is 19.3 Å². The van der Waals surface area contributed by atoms with Crippen molar-refractivity contribution in [3.63, 3.8) is 0 Å². The minimum atomic E-state index is -4.78. The van der Waals surface area contributed by atoms with E-state index in [2.05, 4.69) is 47.0 Å². The zero-order chi connectivity index (χ0) is 25.5. The molecule has 0 fully saturated rings. The van der Waals surface area contributed by atoms with E-state index in [1.807, 2.05) is 0 Å². The molecule has 0 saturated heterocycles. The van der Waals surface area contributed by atoms with Gasteiger partial charge in [0, 0.05) is 12.3 Å². The summed E-state index contributed by atoms with van der Waals surface area (Å²) in [7, 11) is -4.78. The van der Waals surface area contributed by atoms with E-state index in [0.29, 0.717) is 6.42 Å². The predicted molar refractivity (Wildman–Crippen MR) is 129 cm³/mol. The van der Waals surface area contributed by atoms with Gasteiger partial charge < -0.3 is 19.3 Å². The molecule has 0 radical (unpaired) electrons. The van der Waals surface area contributed by atoms with Crippen LogP contribution >= 0.6 is 7.82 Å². The molecular weight excluding hydrogens is 459 g/mol. The molecule has 0 aromatic carbocycles. The van der Waals surface area contributed by atoms with Crippen molar-refractivity contribution in [2.45, 2.75) is 97.0 Å². The molecule has 0 aliphatic carbocycles. The fourth-order valence-electron chi connectivity index (χ4n) is 2.89. The summed E-state index contributed by atoms with van der Waals surface area (Å²) < 4.78 is 25.4. The number of esters is 2. The molecule has 0 aromatic rings. The third-order valence-corrected chi connectivity index (χ3v) is 5.07. The van der Waals surface area contributed by atoms with Crippen molar-refractivity contribution in [1.29, 1.82) is 0 Å². The highest BCUT2D eigenvalue weighted by Crippen LogP contribution is 2.35. The van der Waals surface area contributed by atoms with E-state index in [9.17, 15) is 14.2 Å². The third-order valence-electron chi connectivity index (χ3n) is 4.59. The summed E-state index contributed by atoms with van der Waals surface area (Å²) in [5, 5.41) is 0. The fraction of sp³-hybridized carbons (Fsp3) is 0.680. The second-order valence-electron chi connectivity index (χ2n) is 7.66. The largest absolute Gasteiger partial charge is 0.469 e. The second-order valence-corrected chi connectivity index (χ2v) is 8.90. The monoisotopic (exact) mass is 496 g/mol. The summed E-state index contributed by atoms with van der Waals surface area (Å²) in [6.45, 7) is 2.73. The van der Waals surface area contributed by atoms with Crippen LogP contribution in [0, 0.1) is 35.5 Å². The Hall–Kier alpha value is -2.27. The zero-order valence-electron chi connectivity index (χ0n) is 20.3. The number of rotatable bonds is 18. The van der Waals surface area contributed by atoms with Crippen molar-refractivity contribution in [3.05, 3.63) is 0 Å². The number of phosphoric ester groups is 1. The molecule has 0 heterocycles. The van der Waals surface area contributed by atoms with Gasteiger partial charge in [0.15, 0.2) is 6.10 Å². The molecule has 34 heavy (non-hydrogen) atoms. The first-order chi connectivity index (χ1) is 16.3. The van der Waals surface area contributed by atoms with Gasteiger partial charge >= 0.3 is 19.8 Å². The van der Waals surface area contributed by atoms with Gasteiger partial charge in [-0.2, -0.15) is 0 Å². The molecule has 2 N–H and O–H groups in total. The van der Waals surface area contributed by atoms with Gasteiger partial charge in [-0.05, 0) is 37.0 Å². The van der Waals surface area contributed by atoms with Crippen molar-refractivity contribution in [1.82, 2.24) is 0 Å². The Morgan fingerprint density at radius 2 is 1.38 bits per heavy atom. The number of carbonyl (C=O) groups is 2. The van der Waals surface area contributed by atoms with E-state index in [-0.39, 0.29) is 6.42 Å². The average Bonchev–Trinajstić information content (AvgIpc) is 2.78. The lowest BCUT2D eigenvalue weighted by atomic mass is 10.1. The lowest BCUT2D eigenvalue weighted by Crippen LogP contribution is -2.29. The maximum Gasteiger partial charge on any atom is 0.469 e. The van der Waals surface area contributed by atoms with Crippen molar-refractivity contribution < 1.29 is 37.9 Å². The van der Waals surface area contributed by atoms with E-state index in [1.165, 1.54) is 44.9 Å². The van der Waals surface area contributed by atoms with Crippen LogP contribution in [-0.2, 0) is 28.2 Å². The van der Waals surface area contributed by atoms with Crippen molar-refractivity contribution in [2.24, 2.45) is 0 Å². The van der Waals surface area contributed by atoms with Crippen LogP contribution in [-0.4, -0.2) is 41.0 Å². The maximum absolute atomic E-state index is 12.1. The Morgan fingerprint density at radius 3 is 1.94 bits per heavy atom. The molecule has 0 rings (SSSR count). The summed E-state index contributed by atoms with van der Waals surface area (Å²) in [6, 6.07) is 0. The molecule has 0 spiro atoms. The molecule has 0 aliphatic heterocycles. The Balaban J connectivity index is 4.25. The molecule has 0 aromatic heterocycles. The Kier molecular flexibility index (Phi) is 19.9. The standard InChI is InChI=1S/C25H37O8P/c1-3-5-7-9-10-11-12-13-14-16-18-20-25(27)33-23(22-32-34(28,29)30)21-31-24(26)19-17-15-8-6-4-2/h23H,3,5,7,9-14,16,18,20-22H2,1-2H3,(H2,28,29,30)/t23-/m1/s1. The molecule has 0 amide bonds. The highest BCUT2D eigenvalue weighted by molar-refractivity contribution is 7.46. The van der Waals surface area contributed by atoms with Crippen molar-refractivity contribution >= 4 is 19.8 Å². The summed E-state index contributed by atoms with van der Waals surface area (Å²) in [4.78, 5) is 41.4. The van der Waals surface area contributed by atoms with Gasteiger partial charge in [0.25, 0.3) is 0 Å². The first-order valence-electron chi connectivity index (χ1n) is 11.8. The van der Waals surface area contributed by atoms with Gasteiger partial charge in [0.1, 0.15) is 6.61 Å². The van der Waals surface area contributed by atoms with Gasteiger partial charge in [0.05, 0.1) is 6.61 Å². The Labute approximate surface area is 203 Å². The number of ether oxygens (including phenoxy) is 2. The van der Waals surface area contributed by atoms with E-state index in [0.717, 1.165) is 19.3 Å². The molecule has 0 saturated carbocycles. The zero-order valence-corrected chi connectivity index (χ0v) is 21.2. The first-order valence-corrected chi connectivity index (χ1v) is 13.3. The van der Waals surface area contributed by atoms with Crippen molar-refractivity contribution in [2.75, 3.05) is 13.2 Å². The number of phosphoric acid groups is 1. The summed E-state index contributed by atoms with van der Waals surface area (Å²) in [5.41, 5.74) is 0. The van der Waals surface area contributed by atoms with Crippen LogP contribution in [0.5, 0.6) is 0 Å². The maximum atomic E-state index is 12.1. The highest BCUT2D eigenvalue weighted by atomic mass is 31.2. The molecule has 0 unspecified atom stereocenters. The van der Waals surface area contributed by atoms with Crippen LogP contribution in [0.4, 0.5) is 0 Å². The minimum absolute atomic E-state index is 0.158. The predicted octanol–water partition coefficient (Wildman–Crippen LogP) is 4.28. The molecule has 9 heteroatoms. The molecule has 1 atom stereocenters. The molecule has 190 valence electrons. The lowest BCUT2D eigenvalue weighted by Gasteiger charge is -2.17. The fourth-order valence-corrected chi connectivity index (χ4v) is 3.25. The van der Waals surface area contributed by atoms with Crippen LogP contribution < -0.4 is 0 Å². The van der Waals surface area contributed by atoms with E-state index < -0.39 is 39.1 Å². The highest BCUT2D eigenvalue weighted by Gasteiger charge is 2.22. The van der Waals surface area contributed by atoms with Gasteiger partial charge in [-0.1, -0.05) is 77.1 Å². The smallest absolute Gasteiger partial charge is 0.456 e. The summed E-state index contributed by atoms with van der Waals surface area (Å²) >= 11 is 0. The molecule has 8 nitrogen and oxygen atoms in total. The second kappa shape index (κ2) is 21.3. The molecule has 0 aliphatic rings. The number of unbranched alkanes of at least 4 members (excludes halogenated alkanes) is 10. The SMILES string of the molecule is CC#CC#CC#CC(=O)OC[C@H](COP(=O)(O)O)OC(=O)CCCCCCCCCCCCC. The van der Waals surface area contributed by atoms with Crippen LogP contribution in [0.1, 0.15) is 90.9 Å². The van der Waals surface area contributed by atoms with Crippen molar-refractivity contribution in [3.8, 4) is 35.5 Å². The number of hydrogen-bond donors (Lipinski definition) is 2. The Morgan fingerprint density at radius 1 is 0.824 bits per heavy atom. The van der Waals surface area contributed by atoms with Gasteiger partial charge in [0.2, 0.25) is 0 Å². The topological polar surface area (TPSA) is 119 Å². The normalized spacial score (nSPS) is 11.1. The first kappa shape index (κ1) is 31.7. The van der Waals surface area contributed by atoms with Gasteiger partial charge in [-0.3, -0.25) is 9.32 Å². The van der Waals surface area contributed by atoms with E-state index >= 15 is 0 Å². The average molecular weight is 497 g/mol. The van der Waals surface area contributed by atoms with Gasteiger partial charge in [-0.25, -0.2) is 9.36 Å².